The third-order valence-electron chi connectivity index (χ3n) is 3.48. The van der Waals surface area contributed by atoms with Crippen LogP contribution in [0.25, 0.3) is 0 Å². The van der Waals surface area contributed by atoms with Crippen LogP contribution in [0.5, 0.6) is 5.75 Å². The number of hydrogen-bond donors (Lipinski definition) is 2. The molecule has 0 unspecified atom stereocenters. The van der Waals surface area contributed by atoms with Crippen molar-refractivity contribution in [3.8, 4) is 5.75 Å². The Morgan fingerprint density at radius 1 is 1.00 bits per heavy atom. The highest BCUT2D eigenvalue weighted by atomic mass is 32.2. The maximum atomic E-state index is 12.4. The van der Waals surface area contributed by atoms with E-state index in [9.17, 15) is 13.2 Å². The summed E-state index contributed by atoms with van der Waals surface area (Å²) in [5.41, 5.74) is 1.27. The van der Waals surface area contributed by atoms with Gasteiger partial charge in [0.15, 0.2) is 0 Å². The van der Waals surface area contributed by atoms with E-state index in [2.05, 4.69) is 10.0 Å². The molecule has 0 spiro atoms. The van der Waals surface area contributed by atoms with Crippen LogP contribution in [0.1, 0.15) is 10.4 Å². The van der Waals surface area contributed by atoms with Gasteiger partial charge in [0.2, 0.25) is 0 Å². The quantitative estimate of drug-likeness (QED) is 0.672. The van der Waals surface area contributed by atoms with Crippen LogP contribution in [-0.2, 0) is 10.0 Å². The first kappa shape index (κ1) is 18.0. The van der Waals surface area contributed by atoms with Gasteiger partial charge in [0.1, 0.15) is 9.96 Å². The van der Waals surface area contributed by atoms with E-state index in [0.29, 0.717) is 22.7 Å². The number of carbonyl (C=O) groups excluding carboxylic acids is 1. The van der Waals surface area contributed by atoms with Crippen molar-refractivity contribution < 1.29 is 17.9 Å². The summed E-state index contributed by atoms with van der Waals surface area (Å²) in [6.07, 6.45) is 0. The number of benzene rings is 2. The number of amides is 1. The number of sulfonamides is 1. The van der Waals surface area contributed by atoms with Crippen LogP contribution in [0.4, 0.5) is 11.4 Å². The second kappa shape index (κ2) is 7.59. The summed E-state index contributed by atoms with van der Waals surface area (Å²) in [6, 6.07) is 16.4. The minimum absolute atomic E-state index is 0.214. The second-order valence-corrected chi connectivity index (χ2v) is 8.16. The maximum Gasteiger partial charge on any atom is 0.271 e. The average molecular weight is 388 g/mol. The molecule has 1 heterocycles. The minimum atomic E-state index is -3.66. The predicted molar refractivity (Wildman–Crippen MR) is 103 cm³/mol. The first-order valence-corrected chi connectivity index (χ1v) is 9.96. The monoisotopic (exact) mass is 388 g/mol. The van der Waals surface area contributed by atoms with Crippen molar-refractivity contribution in [2.24, 2.45) is 0 Å². The molecule has 0 atom stereocenters. The number of rotatable bonds is 6. The van der Waals surface area contributed by atoms with E-state index in [1.165, 1.54) is 12.1 Å². The van der Waals surface area contributed by atoms with Gasteiger partial charge in [-0.15, -0.1) is 11.3 Å². The number of methoxy groups -OCH3 is 1. The highest BCUT2D eigenvalue weighted by Gasteiger charge is 2.16. The van der Waals surface area contributed by atoms with Gasteiger partial charge < -0.3 is 10.1 Å². The Bertz CT molecular complexity index is 998. The fourth-order valence-corrected chi connectivity index (χ4v) is 4.27. The molecule has 134 valence electrons. The van der Waals surface area contributed by atoms with Crippen LogP contribution in [0.2, 0.25) is 0 Å². The van der Waals surface area contributed by atoms with Crippen molar-refractivity contribution in [3.05, 3.63) is 71.6 Å². The van der Waals surface area contributed by atoms with E-state index in [1.807, 2.05) is 0 Å². The van der Waals surface area contributed by atoms with Gasteiger partial charge in [-0.2, -0.15) is 0 Å². The van der Waals surface area contributed by atoms with Gasteiger partial charge in [0, 0.05) is 16.9 Å². The summed E-state index contributed by atoms with van der Waals surface area (Å²) in [5.74, 6) is 0.348. The normalized spacial score (nSPS) is 11.0. The highest BCUT2D eigenvalue weighted by Crippen LogP contribution is 2.21. The van der Waals surface area contributed by atoms with Gasteiger partial charge in [-0.1, -0.05) is 12.1 Å². The van der Waals surface area contributed by atoms with E-state index in [1.54, 1.807) is 61.0 Å². The van der Waals surface area contributed by atoms with Gasteiger partial charge in [-0.05, 0) is 53.9 Å². The fraction of sp³-hybridized carbons (Fsp3) is 0.0556. The van der Waals surface area contributed by atoms with Crippen LogP contribution in [-0.4, -0.2) is 21.4 Å². The summed E-state index contributed by atoms with van der Waals surface area (Å²) < 4.78 is 32.3. The van der Waals surface area contributed by atoms with Crippen molar-refractivity contribution in [2.45, 2.75) is 4.21 Å². The molecule has 0 fully saturated rings. The Balaban J connectivity index is 1.75. The molecule has 0 aliphatic rings. The fourth-order valence-electron chi connectivity index (χ4n) is 2.22. The molecule has 3 rings (SSSR count). The lowest BCUT2D eigenvalue weighted by molar-refractivity contribution is 0.102. The Hall–Kier alpha value is -2.84. The first-order chi connectivity index (χ1) is 12.5. The second-order valence-electron chi connectivity index (χ2n) is 5.30. The van der Waals surface area contributed by atoms with Crippen molar-refractivity contribution >= 4 is 38.6 Å². The van der Waals surface area contributed by atoms with E-state index in [-0.39, 0.29) is 10.1 Å². The zero-order valence-corrected chi connectivity index (χ0v) is 15.4. The minimum Gasteiger partial charge on any atom is -0.497 e. The molecule has 0 saturated carbocycles. The molecule has 1 aromatic heterocycles. The molecule has 0 aliphatic heterocycles. The Labute approximate surface area is 155 Å². The zero-order chi connectivity index (χ0) is 18.6. The summed E-state index contributed by atoms with van der Waals surface area (Å²) in [5, 5.41) is 4.45. The van der Waals surface area contributed by atoms with Crippen LogP contribution >= 0.6 is 11.3 Å². The number of anilines is 2. The lowest BCUT2D eigenvalue weighted by Gasteiger charge is -2.09. The third-order valence-corrected chi connectivity index (χ3v) is 6.26. The molecule has 0 bridgehead atoms. The molecule has 0 aliphatic carbocycles. The number of hydrogen-bond acceptors (Lipinski definition) is 5. The molecule has 1 amide bonds. The van der Waals surface area contributed by atoms with Crippen LogP contribution in [0, 0.1) is 0 Å². The van der Waals surface area contributed by atoms with Gasteiger partial charge in [-0.25, -0.2) is 8.42 Å². The Morgan fingerprint density at radius 3 is 2.42 bits per heavy atom. The molecule has 26 heavy (non-hydrogen) atoms. The van der Waals surface area contributed by atoms with Crippen molar-refractivity contribution in [3.63, 3.8) is 0 Å². The highest BCUT2D eigenvalue weighted by molar-refractivity contribution is 7.94. The Kier molecular flexibility index (Phi) is 5.24. The van der Waals surface area contributed by atoms with E-state index in [4.69, 9.17) is 4.74 Å². The standard InChI is InChI=1S/C18H16N2O4S2/c1-24-16-9-7-14(8-10-16)19-18(21)13-4-2-5-15(12-13)20-26(22,23)17-6-3-11-25-17/h2-12,20H,1H3,(H,19,21). The van der Waals surface area contributed by atoms with E-state index in [0.717, 1.165) is 11.3 Å². The first-order valence-electron chi connectivity index (χ1n) is 7.60. The van der Waals surface area contributed by atoms with E-state index >= 15 is 0 Å². The van der Waals surface area contributed by atoms with Crippen LogP contribution < -0.4 is 14.8 Å². The lowest BCUT2D eigenvalue weighted by atomic mass is 10.2. The lowest BCUT2D eigenvalue weighted by Crippen LogP contribution is -2.14. The number of nitrogens with one attached hydrogen (secondary N) is 2. The van der Waals surface area contributed by atoms with E-state index < -0.39 is 10.0 Å². The predicted octanol–water partition coefficient (Wildman–Crippen LogP) is 3.81. The molecular formula is C18H16N2O4S2. The van der Waals surface area contributed by atoms with Crippen LogP contribution in [0.15, 0.2) is 70.3 Å². The molecule has 3 aromatic rings. The summed E-state index contributed by atoms with van der Waals surface area (Å²) in [4.78, 5) is 12.4. The molecular weight excluding hydrogens is 372 g/mol. The zero-order valence-electron chi connectivity index (χ0n) is 13.8. The average Bonchev–Trinajstić information content (AvgIpc) is 3.18. The largest absolute Gasteiger partial charge is 0.497 e. The number of carbonyl (C=O) groups is 1. The van der Waals surface area contributed by atoms with Gasteiger partial charge in [0.25, 0.3) is 15.9 Å². The molecule has 0 radical (unpaired) electrons. The number of ether oxygens (including phenoxy) is 1. The van der Waals surface area contributed by atoms with Gasteiger partial charge in [0.05, 0.1) is 7.11 Å². The van der Waals surface area contributed by atoms with Crippen molar-refractivity contribution in [2.75, 3.05) is 17.1 Å². The smallest absolute Gasteiger partial charge is 0.271 e. The number of thiophene rings is 1. The SMILES string of the molecule is COc1ccc(NC(=O)c2cccc(NS(=O)(=O)c3cccs3)c2)cc1. The van der Waals surface area contributed by atoms with Crippen molar-refractivity contribution in [1.82, 2.24) is 0 Å². The Morgan fingerprint density at radius 2 is 1.77 bits per heavy atom. The molecule has 2 aromatic carbocycles. The molecule has 6 nitrogen and oxygen atoms in total. The summed E-state index contributed by atoms with van der Waals surface area (Å²) in [6.45, 7) is 0. The molecule has 8 heteroatoms. The third kappa shape index (κ3) is 4.22. The summed E-state index contributed by atoms with van der Waals surface area (Å²) in [7, 11) is -2.09. The van der Waals surface area contributed by atoms with Gasteiger partial charge in [-0.3, -0.25) is 9.52 Å². The van der Waals surface area contributed by atoms with Gasteiger partial charge >= 0.3 is 0 Å². The molecule has 2 N–H and O–H groups in total. The topological polar surface area (TPSA) is 84.5 Å². The van der Waals surface area contributed by atoms with Crippen LogP contribution in [0.3, 0.4) is 0 Å². The van der Waals surface area contributed by atoms with Crippen molar-refractivity contribution in [1.29, 1.82) is 0 Å². The maximum absolute atomic E-state index is 12.4. The molecule has 0 saturated heterocycles. The summed E-state index contributed by atoms with van der Waals surface area (Å²) >= 11 is 1.12.